The Morgan fingerprint density at radius 1 is 1.17 bits per heavy atom. The molecule has 102 valence electrons. The molecule has 6 heteroatoms. The summed E-state index contributed by atoms with van der Waals surface area (Å²) in [5.74, 6) is -1.26. The zero-order valence-electron chi connectivity index (χ0n) is 9.73. The number of halogens is 4. The standard InChI is InChI=1S/C12H15F4NO/c13-11-4-3-9(7-10(11)12(14,15)16)8-17-5-1-2-6-18/h3-4,7,17-18H,1-2,5-6,8H2. The number of nitrogens with one attached hydrogen (secondary N) is 1. The summed E-state index contributed by atoms with van der Waals surface area (Å²) in [5.41, 5.74) is -0.857. The summed E-state index contributed by atoms with van der Waals surface area (Å²) >= 11 is 0. The van der Waals surface area contributed by atoms with Crippen LogP contribution in [-0.4, -0.2) is 18.3 Å². The molecule has 0 radical (unpaired) electrons. The van der Waals surface area contributed by atoms with E-state index in [-0.39, 0.29) is 13.2 Å². The number of rotatable bonds is 6. The molecule has 0 saturated heterocycles. The van der Waals surface area contributed by atoms with Crippen molar-refractivity contribution >= 4 is 0 Å². The van der Waals surface area contributed by atoms with E-state index in [0.29, 0.717) is 18.5 Å². The van der Waals surface area contributed by atoms with Gasteiger partial charge in [0.2, 0.25) is 0 Å². The smallest absolute Gasteiger partial charge is 0.396 e. The lowest BCUT2D eigenvalue weighted by molar-refractivity contribution is -0.140. The van der Waals surface area contributed by atoms with Gasteiger partial charge in [0.15, 0.2) is 0 Å². The first kappa shape index (κ1) is 14.9. The van der Waals surface area contributed by atoms with Crippen molar-refractivity contribution in [1.82, 2.24) is 5.32 Å². The van der Waals surface area contributed by atoms with Crippen LogP contribution in [0.4, 0.5) is 17.6 Å². The van der Waals surface area contributed by atoms with Crippen molar-refractivity contribution in [2.75, 3.05) is 13.2 Å². The summed E-state index contributed by atoms with van der Waals surface area (Å²) < 4.78 is 50.3. The number of benzene rings is 1. The highest BCUT2D eigenvalue weighted by Gasteiger charge is 2.34. The van der Waals surface area contributed by atoms with Crippen molar-refractivity contribution in [2.24, 2.45) is 0 Å². The Labute approximate surface area is 103 Å². The molecule has 0 saturated carbocycles. The third-order valence-corrected chi connectivity index (χ3v) is 2.43. The fourth-order valence-electron chi connectivity index (χ4n) is 1.49. The summed E-state index contributed by atoms with van der Waals surface area (Å²) in [7, 11) is 0. The number of alkyl halides is 3. The van der Waals surface area contributed by atoms with Crippen molar-refractivity contribution in [1.29, 1.82) is 0 Å². The summed E-state index contributed by atoms with van der Waals surface area (Å²) in [6, 6.07) is 2.96. The molecule has 0 unspecified atom stereocenters. The Balaban J connectivity index is 2.57. The highest BCUT2D eigenvalue weighted by atomic mass is 19.4. The first-order valence-electron chi connectivity index (χ1n) is 5.62. The summed E-state index contributed by atoms with van der Waals surface area (Å²) in [6.45, 7) is 0.935. The highest BCUT2D eigenvalue weighted by Crippen LogP contribution is 2.31. The second-order valence-corrected chi connectivity index (χ2v) is 3.92. The number of unbranched alkanes of at least 4 members (excludes halogenated alkanes) is 1. The normalized spacial score (nSPS) is 11.8. The lowest BCUT2D eigenvalue weighted by Gasteiger charge is -2.10. The molecule has 0 fully saturated rings. The van der Waals surface area contributed by atoms with Crippen LogP contribution in [-0.2, 0) is 12.7 Å². The van der Waals surface area contributed by atoms with Gasteiger partial charge in [0.1, 0.15) is 5.82 Å². The predicted octanol–water partition coefficient (Wildman–Crippen LogP) is 2.71. The molecule has 2 N–H and O–H groups in total. The van der Waals surface area contributed by atoms with Crippen molar-refractivity contribution in [2.45, 2.75) is 25.6 Å². The van der Waals surface area contributed by atoms with Crippen LogP contribution in [0.25, 0.3) is 0 Å². The molecular formula is C12H15F4NO. The zero-order valence-corrected chi connectivity index (χ0v) is 9.73. The molecular weight excluding hydrogens is 250 g/mol. The van der Waals surface area contributed by atoms with E-state index in [2.05, 4.69) is 5.32 Å². The first-order valence-corrected chi connectivity index (χ1v) is 5.62. The molecule has 0 aliphatic rings. The molecule has 0 bridgehead atoms. The van der Waals surface area contributed by atoms with E-state index in [0.717, 1.165) is 18.6 Å². The van der Waals surface area contributed by atoms with Crippen molar-refractivity contribution in [3.8, 4) is 0 Å². The van der Waals surface area contributed by atoms with Crippen LogP contribution >= 0.6 is 0 Å². The van der Waals surface area contributed by atoms with E-state index in [9.17, 15) is 17.6 Å². The fraction of sp³-hybridized carbons (Fsp3) is 0.500. The molecule has 18 heavy (non-hydrogen) atoms. The molecule has 0 spiro atoms. The first-order chi connectivity index (χ1) is 8.45. The minimum Gasteiger partial charge on any atom is -0.396 e. The van der Waals surface area contributed by atoms with Crippen LogP contribution < -0.4 is 5.32 Å². The maximum absolute atomic E-state index is 13.0. The van der Waals surface area contributed by atoms with E-state index in [4.69, 9.17) is 5.11 Å². The van der Waals surface area contributed by atoms with Crippen LogP contribution in [0.3, 0.4) is 0 Å². The molecule has 0 aliphatic heterocycles. The summed E-state index contributed by atoms with van der Waals surface area (Å²) in [4.78, 5) is 0. The maximum Gasteiger partial charge on any atom is 0.419 e. The molecule has 0 aromatic heterocycles. The van der Waals surface area contributed by atoms with Gasteiger partial charge in [-0.3, -0.25) is 0 Å². The minimum absolute atomic E-state index is 0.0937. The van der Waals surface area contributed by atoms with Gasteiger partial charge in [0.05, 0.1) is 5.56 Å². The van der Waals surface area contributed by atoms with E-state index in [1.807, 2.05) is 0 Å². The van der Waals surface area contributed by atoms with Gasteiger partial charge >= 0.3 is 6.18 Å². The Bertz CT molecular complexity index is 379. The number of aliphatic hydroxyl groups is 1. The molecule has 0 amide bonds. The fourth-order valence-corrected chi connectivity index (χ4v) is 1.49. The Morgan fingerprint density at radius 3 is 2.50 bits per heavy atom. The molecule has 1 aromatic carbocycles. The lowest BCUT2D eigenvalue weighted by Crippen LogP contribution is -2.16. The maximum atomic E-state index is 13.0. The van der Waals surface area contributed by atoms with Crippen LogP contribution in [0.1, 0.15) is 24.0 Å². The van der Waals surface area contributed by atoms with Gasteiger partial charge < -0.3 is 10.4 Å². The van der Waals surface area contributed by atoms with Gasteiger partial charge in [0, 0.05) is 13.2 Å². The van der Waals surface area contributed by atoms with Crippen molar-refractivity contribution in [3.63, 3.8) is 0 Å². The van der Waals surface area contributed by atoms with E-state index >= 15 is 0 Å². The van der Waals surface area contributed by atoms with Gasteiger partial charge in [-0.15, -0.1) is 0 Å². The van der Waals surface area contributed by atoms with Crippen LogP contribution in [0.15, 0.2) is 18.2 Å². The second kappa shape index (κ2) is 6.70. The molecule has 0 atom stereocenters. The van der Waals surface area contributed by atoms with Gasteiger partial charge in [0.25, 0.3) is 0 Å². The monoisotopic (exact) mass is 265 g/mol. The van der Waals surface area contributed by atoms with Crippen LogP contribution in [0.5, 0.6) is 0 Å². The quantitative estimate of drug-likeness (QED) is 0.612. The van der Waals surface area contributed by atoms with Crippen molar-refractivity contribution < 1.29 is 22.7 Å². The van der Waals surface area contributed by atoms with Crippen LogP contribution in [0.2, 0.25) is 0 Å². The average Bonchev–Trinajstić information content (AvgIpc) is 2.29. The summed E-state index contributed by atoms with van der Waals surface area (Å²) in [5, 5.41) is 11.5. The highest BCUT2D eigenvalue weighted by molar-refractivity contribution is 5.27. The third-order valence-electron chi connectivity index (χ3n) is 2.43. The van der Waals surface area contributed by atoms with E-state index in [1.165, 1.54) is 6.07 Å². The van der Waals surface area contributed by atoms with Gasteiger partial charge in [-0.1, -0.05) is 6.07 Å². The topological polar surface area (TPSA) is 32.3 Å². The number of hydrogen-bond acceptors (Lipinski definition) is 2. The Morgan fingerprint density at radius 2 is 1.89 bits per heavy atom. The lowest BCUT2D eigenvalue weighted by atomic mass is 10.1. The van der Waals surface area contributed by atoms with Gasteiger partial charge in [-0.25, -0.2) is 4.39 Å². The van der Waals surface area contributed by atoms with Gasteiger partial charge in [-0.05, 0) is 37.1 Å². The molecule has 1 aromatic rings. The molecule has 2 nitrogen and oxygen atoms in total. The van der Waals surface area contributed by atoms with E-state index < -0.39 is 17.6 Å². The number of aliphatic hydroxyl groups excluding tert-OH is 1. The Hall–Kier alpha value is -1.14. The van der Waals surface area contributed by atoms with E-state index in [1.54, 1.807) is 0 Å². The minimum atomic E-state index is -4.67. The SMILES string of the molecule is OCCCCNCc1ccc(F)c(C(F)(F)F)c1. The second-order valence-electron chi connectivity index (χ2n) is 3.92. The predicted molar refractivity (Wildman–Crippen MR) is 59.4 cm³/mol. The average molecular weight is 265 g/mol. The molecule has 0 heterocycles. The molecule has 0 aliphatic carbocycles. The zero-order chi connectivity index (χ0) is 13.6. The van der Waals surface area contributed by atoms with Crippen LogP contribution in [0, 0.1) is 5.82 Å². The third kappa shape index (κ3) is 4.62. The summed E-state index contributed by atoms with van der Waals surface area (Å²) in [6.07, 6.45) is -3.29. The largest absolute Gasteiger partial charge is 0.419 e. The Kier molecular flexibility index (Phi) is 5.55. The number of hydrogen-bond donors (Lipinski definition) is 2. The molecule has 1 rings (SSSR count). The van der Waals surface area contributed by atoms with Crippen molar-refractivity contribution in [3.05, 3.63) is 35.1 Å². The van der Waals surface area contributed by atoms with Gasteiger partial charge in [-0.2, -0.15) is 13.2 Å².